The van der Waals surface area contributed by atoms with Crippen LogP contribution < -0.4 is 0 Å². The molecule has 0 aliphatic heterocycles. The van der Waals surface area contributed by atoms with Crippen molar-refractivity contribution in [3.05, 3.63) is 176 Å². The van der Waals surface area contributed by atoms with Crippen LogP contribution >= 0.6 is 0 Å². The maximum absolute atomic E-state index is 3.79. The number of hydrogen-bond acceptors (Lipinski definition) is 0. The molecule has 0 aliphatic carbocycles. The summed E-state index contributed by atoms with van der Waals surface area (Å²) in [4.78, 5) is 0. The van der Waals surface area contributed by atoms with Crippen LogP contribution in [0.25, 0.3) is 82.7 Å². The Morgan fingerprint density at radius 1 is 0.396 bits per heavy atom. The molecule has 0 bridgehead atoms. The smallest absolute Gasteiger partial charge is 0.0540 e. The molecule has 0 atom stereocenters. The maximum Gasteiger partial charge on any atom is 0.0540 e. The monoisotopic (exact) mass is 686 g/mol. The summed E-state index contributed by atoms with van der Waals surface area (Å²) in [6, 6.07) is 61.9. The number of nitrogens with zero attached hydrogens (tertiary/aromatic N) is 3. The molecule has 0 saturated heterocycles. The van der Waals surface area contributed by atoms with Crippen molar-refractivity contribution in [3.63, 3.8) is 0 Å². The van der Waals surface area contributed by atoms with Crippen LogP contribution in [0.1, 0.15) is 0 Å². The summed E-state index contributed by atoms with van der Waals surface area (Å²) in [7, 11) is 0. The van der Waals surface area contributed by atoms with Crippen LogP contribution in [0.15, 0.2) is 164 Å². The zero-order valence-electron chi connectivity index (χ0n) is 26.0. The van der Waals surface area contributed by atoms with Crippen LogP contribution in [0.5, 0.6) is 0 Å². The first kappa shape index (κ1) is 29.0. The van der Waals surface area contributed by atoms with Crippen molar-refractivity contribution in [2.45, 2.75) is 0 Å². The summed E-state index contributed by atoms with van der Waals surface area (Å²) < 4.78 is 6.88. The zero-order valence-corrected chi connectivity index (χ0v) is 28.8. The molecule has 3 aromatic heterocycles. The van der Waals surface area contributed by atoms with Gasteiger partial charge in [0.2, 0.25) is 0 Å². The average Bonchev–Trinajstić information content (AvgIpc) is 3.80. The van der Waals surface area contributed by atoms with E-state index in [1.54, 1.807) is 0 Å². The van der Waals surface area contributed by atoms with Gasteiger partial charge < -0.3 is 13.7 Å². The molecule has 3 heterocycles. The summed E-state index contributed by atoms with van der Waals surface area (Å²) >= 11 is 0. The first-order valence-corrected chi connectivity index (χ1v) is 16.0. The van der Waals surface area contributed by atoms with Gasteiger partial charge in [0.25, 0.3) is 0 Å². The topological polar surface area (TPSA) is 14.8 Å². The average molecular weight is 687 g/mol. The predicted molar refractivity (Wildman–Crippen MR) is 195 cm³/mol. The van der Waals surface area contributed by atoms with Gasteiger partial charge in [-0.3, -0.25) is 0 Å². The largest absolute Gasteiger partial charge is 0.439 e. The zero-order chi connectivity index (χ0) is 30.9. The summed E-state index contributed by atoms with van der Waals surface area (Å²) in [5.74, 6) is 0. The van der Waals surface area contributed by atoms with Gasteiger partial charge in [0.05, 0.1) is 22.1 Å². The number of aromatic nitrogens is 3. The fourth-order valence-corrected chi connectivity index (χ4v) is 7.42. The molecule has 48 heavy (non-hydrogen) atoms. The van der Waals surface area contributed by atoms with Crippen LogP contribution in [0.3, 0.4) is 0 Å². The van der Waals surface area contributed by atoms with Crippen molar-refractivity contribution in [2.24, 2.45) is 0 Å². The Labute approximate surface area is 303 Å². The Kier molecular flexibility index (Phi) is 6.93. The molecule has 4 heteroatoms. The molecule has 223 valence electrons. The Morgan fingerprint density at radius 2 is 0.917 bits per heavy atom. The number of benzene rings is 7. The Bertz CT molecular complexity index is 2750. The van der Waals surface area contributed by atoms with Gasteiger partial charge in [0.1, 0.15) is 0 Å². The first-order valence-electron chi connectivity index (χ1n) is 16.0. The summed E-state index contributed by atoms with van der Waals surface area (Å²) in [5, 5.41) is 6.13. The van der Waals surface area contributed by atoms with E-state index in [-0.39, 0.29) is 32.7 Å². The predicted octanol–water partition coefficient (Wildman–Crippen LogP) is 11.1. The van der Waals surface area contributed by atoms with Gasteiger partial charge in [0, 0.05) is 59.9 Å². The fourth-order valence-electron chi connectivity index (χ4n) is 7.42. The van der Waals surface area contributed by atoms with Crippen molar-refractivity contribution in [3.8, 4) is 28.2 Å². The van der Waals surface area contributed by atoms with Crippen LogP contribution in [0, 0.1) is 12.3 Å². The van der Waals surface area contributed by atoms with Gasteiger partial charge in [-0.15, -0.1) is 11.8 Å². The van der Waals surface area contributed by atoms with Crippen molar-refractivity contribution in [2.75, 3.05) is 0 Å². The molecule has 0 N–H and O–H groups in total. The molecule has 10 aromatic rings. The van der Waals surface area contributed by atoms with Gasteiger partial charge in [-0.25, -0.2) is 6.07 Å². The van der Waals surface area contributed by atoms with Gasteiger partial charge in [-0.05, 0) is 48.1 Å². The van der Waals surface area contributed by atoms with Crippen molar-refractivity contribution < 1.29 is 32.7 Å². The minimum absolute atomic E-state index is 0. The Balaban J connectivity index is 0.00000314. The SMILES string of the molecule is [Y].[c-]1ccc(-n2c3ccccc3c3ccccc32)cc1-n1[c-]c(-c2ccc3c(c2)c2ccccc2n3-c2ccccc2)c2ccccc21. The molecule has 7 aromatic carbocycles. The Hall–Kier alpha value is -5.22. The normalized spacial score (nSPS) is 11.6. The fraction of sp³-hybridized carbons (Fsp3) is 0. The molecule has 1 radical (unpaired) electrons. The van der Waals surface area contributed by atoms with Crippen molar-refractivity contribution >= 4 is 54.5 Å². The third-order valence-electron chi connectivity index (χ3n) is 9.46. The van der Waals surface area contributed by atoms with Crippen LogP contribution in [-0.4, -0.2) is 13.7 Å². The number of para-hydroxylation sites is 5. The standard InChI is InChI=1S/C44H27N3.Y/c1-2-13-31(14-3-1)46-43-24-11-7-19-36(43)38-27-30(25-26-44(38)46)39-29-45(40-21-8-4-20-37(39)40)32-15-12-16-33(28-32)47-41-22-9-5-17-34(41)35-18-6-10-23-42(35)47;/h1-14,16-28H;/q-2;. The second kappa shape index (κ2) is 11.5. The molecular weight excluding hydrogens is 659 g/mol. The molecule has 0 unspecified atom stereocenters. The third-order valence-corrected chi connectivity index (χ3v) is 9.46. The molecule has 10 rings (SSSR count). The second-order valence-corrected chi connectivity index (χ2v) is 12.1. The van der Waals surface area contributed by atoms with E-state index in [2.05, 4.69) is 184 Å². The summed E-state index contributed by atoms with van der Waals surface area (Å²) in [6.45, 7) is 0. The van der Waals surface area contributed by atoms with Crippen LogP contribution in [-0.2, 0) is 32.7 Å². The minimum atomic E-state index is 0. The molecule has 0 fully saturated rings. The van der Waals surface area contributed by atoms with Crippen molar-refractivity contribution in [1.82, 2.24) is 13.7 Å². The van der Waals surface area contributed by atoms with Gasteiger partial charge in [0.15, 0.2) is 0 Å². The van der Waals surface area contributed by atoms with E-state index < -0.39 is 0 Å². The van der Waals surface area contributed by atoms with E-state index in [4.69, 9.17) is 0 Å². The first-order chi connectivity index (χ1) is 23.3. The summed E-state index contributed by atoms with van der Waals surface area (Å²) in [5.41, 5.74) is 11.3. The number of rotatable bonds is 4. The van der Waals surface area contributed by atoms with E-state index in [1.807, 2.05) is 6.07 Å². The van der Waals surface area contributed by atoms with Crippen LogP contribution in [0.4, 0.5) is 0 Å². The van der Waals surface area contributed by atoms with Crippen LogP contribution in [0.2, 0.25) is 0 Å². The molecule has 0 saturated carbocycles. The second-order valence-electron chi connectivity index (χ2n) is 12.1. The number of hydrogen-bond donors (Lipinski definition) is 0. The van der Waals surface area contributed by atoms with E-state index in [0.29, 0.717) is 0 Å². The molecule has 3 nitrogen and oxygen atoms in total. The molecule has 0 aliphatic rings. The molecule has 0 amide bonds. The van der Waals surface area contributed by atoms with Gasteiger partial charge in [-0.2, -0.15) is 12.1 Å². The molecule has 0 spiro atoms. The quantitative estimate of drug-likeness (QED) is 0.164. The van der Waals surface area contributed by atoms with E-state index >= 15 is 0 Å². The molecular formula is C44H27N3Y-2. The van der Waals surface area contributed by atoms with E-state index in [1.165, 1.54) is 43.6 Å². The number of fused-ring (bicyclic) bond motifs is 7. The van der Waals surface area contributed by atoms with Gasteiger partial charge >= 0.3 is 0 Å². The van der Waals surface area contributed by atoms with E-state index in [9.17, 15) is 0 Å². The maximum atomic E-state index is 3.79. The third kappa shape index (κ3) is 4.35. The summed E-state index contributed by atoms with van der Waals surface area (Å²) in [6.07, 6.45) is 3.79. The Morgan fingerprint density at radius 3 is 1.58 bits per heavy atom. The van der Waals surface area contributed by atoms with Gasteiger partial charge in [-0.1, -0.05) is 131 Å². The van der Waals surface area contributed by atoms with Crippen molar-refractivity contribution in [1.29, 1.82) is 0 Å². The minimum Gasteiger partial charge on any atom is -0.439 e. The van der Waals surface area contributed by atoms with E-state index in [0.717, 1.165) is 39.1 Å².